The number of thiocarbonyl (C=S) groups is 1. The van der Waals surface area contributed by atoms with Gasteiger partial charge in [-0.1, -0.05) is 132 Å². The fourth-order valence-corrected chi connectivity index (χ4v) is 6.05. The summed E-state index contributed by atoms with van der Waals surface area (Å²) in [6.45, 7) is 4.53. The van der Waals surface area contributed by atoms with Gasteiger partial charge in [0.05, 0.1) is 0 Å². The molecule has 194 valence electrons. The molecule has 0 aromatic heterocycles. The normalized spacial score (nSPS) is 18.9. The van der Waals surface area contributed by atoms with Crippen LogP contribution in [0.5, 0.6) is 0 Å². The molecule has 2 aromatic rings. The van der Waals surface area contributed by atoms with Gasteiger partial charge < -0.3 is 4.74 Å². The van der Waals surface area contributed by atoms with Gasteiger partial charge in [-0.05, 0) is 60.5 Å². The van der Waals surface area contributed by atoms with E-state index in [1.165, 1.54) is 75.3 Å². The molecular formula is C33H44OS2. The monoisotopic (exact) mass is 520 g/mol. The molecule has 0 N–H and O–H groups in total. The molecule has 1 nitrogen and oxygen atoms in total. The molecule has 0 amide bonds. The highest BCUT2D eigenvalue weighted by atomic mass is 32.2. The molecule has 0 unspecified atom stereocenters. The topological polar surface area (TPSA) is 9.23 Å². The Morgan fingerprint density at radius 1 is 0.778 bits per heavy atom. The highest BCUT2D eigenvalue weighted by molar-refractivity contribution is 8.00. The molecule has 0 heterocycles. The Morgan fingerprint density at radius 2 is 1.39 bits per heavy atom. The first-order valence-corrected chi connectivity index (χ1v) is 15.4. The SMILES string of the molecule is CCCCCCCCc1ccc(C(=S)OC2(SCCCCCC)C=CC(c3ccccc3)C=C2)cc1. The van der Waals surface area contributed by atoms with E-state index in [2.05, 4.69) is 92.7 Å². The predicted molar refractivity (Wildman–Crippen MR) is 163 cm³/mol. The quantitative estimate of drug-likeness (QED) is 0.0943. The number of rotatable bonds is 16. The number of hydrogen-bond donors (Lipinski definition) is 0. The molecular weight excluding hydrogens is 476 g/mol. The minimum atomic E-state index is -0.536. The average Bonchev–Trinajstić information content (AvgIpc) is 2.92. The van der Waals surface area contributed by atoms with Gasteiger partial charge in [0.25, 0.3) is 0 Å². The summed E-state index contributed by atoms with van der Waals surface area (Å²) in [5.41, 5.74) is 3.69. The van der Waals surface area contributed by atoms with Crippen molar-refractivity contribution in [1.29, 1.82) is 0 Å². The molecule has 1 aliphatic carbocycles. The van der Waals surface area contributed by atoms with Crippen LogP contribution in [0.1, 0.15) is 101 Å². The fraction of sp³-hybridized carbons (Fsp3) is 0.485. The van der Waals surface area contributed by atoms with Crippen LogP contribution in [0.15, 0.2) is 78.9 Å². The molecule has 3 heteroatoms. The van der Waals surface area contributed by atoms with E-state index in [1.807, 2.05) is 11.8 Å². The predicted octanol–water partition coefficient (Wildman–Crippen LogP) is 10.2. The number of benzene rings is 2. The van der Waals surface area contributed by atoms with Crippen molar-refractivity contribution in [3.63, 3.8) is 0 Å². The zero-order chi connectivity index (χ0) is 25.5. The molecule has 0 spiro atoms. The third-order valence-corrected chi connectivity index (χ3v) is 8.46. The van der Waals surface area contributed by atoms with Crippen molar-refractivity contribution in [3.05, 3.63) is 95.6 Å². The molecule has 1 aliphatic rings. The third kappa shape index (κ3) is 9.56. The Kier molecular flexibility index (Phi) is 12.8. The number of hydrogen-bond acceptors (Lipinski definition) is 3. The third-order valence-electron chi connectivity index (χ3n) is 6.84. The van der Waals surface area contributed by atoms with Crippen LogP contribution in [-0.2, 0) is 11.2 Å². The van der Waals surface area contributed by atoms with Crippen LogP contribution in [0.4, 0.5) is 0 Å². The number of allylic oxidation sites excluding steroid dienone is 2. The standard InChI is InChI=1S/C33H44OS2/c1-3-5-7-9-10-12-16-28-19-21-31(22-20-28)32(35)34-33(36-27-15-8-6-4-2)25-23-30(24-26-33)29-17-13-11-14-18-29/h11,13-14,17-26,30H,3-10,12,15-16,27H2,1-2H3. The van der Waals surface area contributed by atoms with Crippen molar-refractivity contribution in [2.24, 2.45) is 0 Å². The number of thioether (sulfide) groups is 1. The zero-order valence-electron chi connectivity index (χ0n) is 22.3. The summed E-state index contributed by atoms with van der Waals surface area (Å²) in [6, 6.07) is 19.3. The van der Waals surface area contributed by atoms with E-state index in [-0.39, 0.29) is 5.92 Å². The van der Waals surface area contributed by atoms with E-state index in [0.29, 0.717) is 5.05 Å². The van der Waals surface area contributed by atoms with Crippen LogP contribution < -0.4 is 0 Å². The largest absolute Gasteiger partial charge is 0.458 e. The molecule has 0 radical (unpaired) electrons. The summed E-state index contributed by atoms with van der Waals surface area (Å²) in [4.78, 5) is -0.536. The van der Waals surface area contributed by atoms with E-state index >= 15 is 0 Å². The fourth-order valence-electron chi connectivity index (χ4n) is 4.57. The van der Waals surface area contributed by atoms with Crippen molar-refractivity contribution in [2.45, 2.75) is 95.3 Å². The maximum atomic E-state index is 6.55. The summed E-state index contributed by atoms with van der Waals surface area (Å²) in [6.07, 6.45) is 23.1. The molecule has 0 atom stereocenters. The van der Waals surface area contributed by atoms with E-state index in [1.54, 1.807) is 0 Å². The summed E-state index contributed by atoms with van der Waals surface area (Å²) < 4.78 is 6.55. The molecule has 0 bridgehead atoms. The Labute approximate surface area is 229 Å². The number of aryl methyl sites for hydroxylation is 1. The maximum Gasteiger partial charge on any atom is 0.193 e. The van der Waals surface area contributed by atoms with Crippen molar-refractivity contribution in [1.82, 2.24) is 0 Å². The Balaban J connectivity index is 1.59. The molecule has 0 aliphatic heterocycles. The summed E-state index contributed by atoms with van der Waals surface area (Å²) in [5.74, 6) is 1.34. The van der Waals surface area contributed by atoms with E-state index < -0.39 is 4.93 Å². The van der Waals surface area contributed by atoms with Gasteiger partial charge in [0.2, 0.25) is 0 Å². The lowest BCUT2D eigenvalue weighted by molar-refractivity contribution is 0.256. The molecule has 3 rings (SSSR count). The van der Waals surface area contributed by atoms with Crippen LogP contribution in [0.3, 0.4) is 0 Å². The van der Waals surface area contributed by atoms with Crippen LogP contribution in [0.2, 0.25) is 0 Å². The zero-order valence-corrected chi connectivity index (χ0v) is 23.9. The van der Waals surface area contributed by atoms with Crippen molar-refractivity contribution >= 4 is 29.0 Å². The second kappa shape index (κ2) is 16.1. The molecule has 0 fully saturated rings. The Hall–Kier alpha value is -1.84. The minimum Gasteiger partial charge on any atom is -0.458 e. The average molecular weight is 521 g/mol. The Bertz CT molecular complexity index is 931. The van der Waals surface area contributed by atoms with Gasteiger partial charge >= 0.3 is 0 Å². The van der Waals surface area contributed by atoms with Gasteiger partial charge in [-0.15, -0.1) is 11.8 Å². The van der Waals surface area contributed by atoms with E-state index in [9.17, 15) is 0 Å². The van der Waals surface area contributed by atoms with Gasteiger partial charge in [0.15, 0.2) is 9.98 Å². The first-order chi connectivity index (χ1) is 17.7. The van der Waals surface area contributed by atoms with E-state index in [4.69, 9.17) is 17.0 Å². The first-order valence-electron chi connectivity index (χ1n) is 14.1. The molecule has 0 saturated carbocycles. The van der Waals surface area contributed by atoms with Crippen molar-refractivity contribution in [2.75, 3.05) is 5.75 Å². The van der Waals surface area contributed by atoms with Crippen LogP contribution in [0.25, 0.3) is 0 Å². The van der Waals surface area contributed by atoms with Gasteiger partial charge in [-0.25, -0.2) is 0 Å². The van der Waals surface area contributed by atoms with Gasteiger partial charge in [-0.3, -0.25) is 0 Å². The summed E-state index contributed by atoms with van der Waals surface area (Å²) in [7, 11) is 0. The summed E-state index contributed by atoms with van der Waals surface area (Å²) in [5, 5.41) is 0.578. The van der Waals surface area contributed by atoms with E-state index in [0.717, 1.165) is 17.7 Å². The smallest absolute Gasteiger partial charge is 0.193 e. The Morgan fingerprint density at radius 3 is 2.06 bits per heavy atom. The number of unbranched alkanes of at least 4 members (excludes halogenated alkanes) is 8. The summed E-state index contributed by atoms with van der Waals surface area (Å²) >= 11 is 7.66. The van der Waals surface area contributed by atoms with Crippen molar-refractivity contribution in [3.8, 4) is 0 Å². The first kappa shape index (κ1) is 28.7. The molecule has 0 saturated heterocycles. The molecule has 2 aromatic carbocycles. The lowest BCUT2D eigenvalue weighted by Gasteiger charge is -2.31. The van der Waals surface area contributed by atoms with Crippen LogP contribution in [0, 0.1) is 0 Å². The number of ether oxygens (including phenoxy) is 1. The maximum absolute atomic E-state index is 6.55. The second-order valence-corrected chi connectivity index (χ2v) is 11.6. The second-order valence-electron chi connectivity index (χ2n) is 9.89. The van der Waals surface area contributed by atoms with Gasteiger partial charge in [0, 0.05) is 11.5 Å². The molecule has 36 heavy (non-hydrogen) atoms. The highest BCUT2D eigenvalue weighted by Gasteiger charge is 2.31. The lowest BCUT2D eigenvalue weighted by atomic mass is 9.94. The lowest BCUT2D eigenvalue weighted by Crippen LogP contribution is -2.29. The van der Waals surface area contributed by atoms with Crippen LogP contribution in [-0.4, -0.2) is 15.7 Å². The van der Waals surface area contributed by atoms with Crippen molar-refractivity contribution < 1.29 is 4.74 Å². The van der Waals surface area contributed by atoms with Crippen LogP contribution >= 0.6 is 24.0 Å². The minimum absolute atomic E-state index is 0.276. The van der Waals surface area contributed by atoms with Gasteiger partial charge in [0.1, 0.15) is 0 Å². The van der Waals surface area contributed by atoms with Gasteiger partial charge in [-0.2, -0.15) is 0 Å². The highest BCUT2D eigenvalue weighted by Crippen LogP contribution is 2.38.